The number of H-pyrrole nitrogens is 1. The largest absolute Gasteiger partial charge is 0.483 e. The molecule has 1 aliphatic rings. The molecule has 0 atom stereocenters. The van der Waals surface area contributed by atoms with Crippen LogP contribution in [0, 0.1) is 6.92 Å². The summed E-state index contributed by atoms with van der Waals surface area (Å²) in [6, 6.07) is 6.14. The van der Waals surface area contributed by atoms with E-state index >= 15 is 0 Å². The summed E-state index contributed by atoms with van der Waals surface area (Å²) in [4.78, 5) is 26.3. The van der Waals surface area contributed by atoms with Crippen LogP contribution in [0.25, 0.3) is 0 Å². The van der Waals surface area contributed by atoms with Gasteiger partial charge in [0.25, 0.3) is 5.91 Å². The molecule has 3 rings (SSSR count). The number of carbonyl (C=O) groups excluding carboxylic acids is 1. The minimum Gasteiger partial charge on any atom is -0.483 e. The van der Waals surface area contributed by atoms with Crippen LogP contribution in [0.3, 0.4) is 0 Å². The maximum Gasteiger partial charge on any atom is 0.343 e. The van der Waals surface area contributed by atoms with Crippen LogP contribution in [-0.2, 0) is 11.3 Å². The third-order valence-electron chi connectivity index (χ3n) is 5.46. The Morgan fingerprint density at radius 2 is 2.04 bits per heavy atom. The van der Waals surface area contributed by atoms with Crippen LogP contribution in [-0.4, -0.2) is 45.3 Å². The highest BCUT2D eigenvalue weighted by atomic mass is 16.5. The number of aromatic amines is 1. The van der Waals surface area contributed by atoms with Gasteiger partial charge in [0.15, 0.2) is 6.61 Å². The fourth-order valence-electron chi connectivity index (χ4n) is 3.81. The summed E-state index contributed by atoms with van der Waals surface area (Å²) in [6.45, 7) is 10.2. The molecule has 1 aromatic carbocycles. The van der Waals surface area contributed by atoms with Crippen molar-refractivity contribution in [2.45, 2.75) is 58.9 Å². The molecule has 0 spiro atoms. The molecule has 28 heavy (non-hydrogen) atoms. The summed E-state index contributed by atoms with van der Waals surface area (Å²) >= 11 is 0. The van der Waals surface area contributed by atoms with Gasteiger partial charge in [0.05, 0.1) is 0 Å². The Labute approximate surface area is 165 Å². The predicted octanol–water partition coefficient (Wildman–Crippen LogP) is 2.81. The van der Waals surface area contributed by atoms with Gasteiger partial charge in [-0.25, -0.2) is 9.89 Å². The molecule has 0 unspecified atom stereocenters. The average Bonchev–Trinajstić information content (AvgIpc) is 3.06. The maximum absolute atomic E-state index is 12.6. The molecule has 1 N–H and O–H groups in total. The van der Waals surface area contributed by atoms with Gasteiger partial charge in [-0.3, -0.25) is 9.36 Å². The zero-order valence-corrected chi connectivity index (χ0v) is 17.2. The van der Waals surface area contributed by atoms with Crippen LogP contribution in [0.15, 0.2) is 23.0 Å². The third kappa shape index (κ3) is 4.29. The molecule has 7 heteroatoms. The van der Waals surface area contributed by atoms with E-state index in [0.717, 1.165) is 35.5 Å². The highest BCUT2D eigenvalue weighted by molar-refractivity contribution is 5.78. The molecule has 0 radical (unpaired) electrons. The second-order valence-corrected chi connectivity index (χ2v) is 7.77. The zero-order chi connectivity index (χ0) is 20.3. The number of benzene rings is 1. The highest BCUT2D eigenvalue weighted by Crippen LogP contribution is 2.28. The first-order chi connectivity index (χ1) is 13.4. The monoisotopic (exact) mass is 386 g/mol. The molecule has 0 bridgehead atoms. The van der Waals surface area contributed by atoms with Crippen LogP contribution in [0.4, 0.5) is 0 Å². The van der Waals surface area contributed by atoms with Gasteiger partial charge >= 0.3 is 5.69 Å². The maximum atomic E-state index is 12.6. The number of likely N-dealkylation sites (tertiary alicyclic amines) is 1. The van der Waals surface area contributed by atoms with Crippen LogP contribution >= 0.6 is 0 Å². The molecule has 0 saturated carbocycles. The van der Waals surface area contributed by atoms with E-state index < -0.39 is 0 Å². The van der Waals surface area contributed by atoms with Crippen molar-refractivity contribution in [2.75, 3.05) is 19.7 Å². The number of hydrogen-bond donors (Lipinski definition) is 1. The van der Waals surface area contributed by atoms with Gasteiger partial charge in [-0.1, -0.05) is 26.0 Å². The summed E-state index contributed by atoms with van der Waals surface area (Å²) < 4.78 is 7.57. The second kappa shape index (κ2) is 8.63. The summed E-state index contributed by atoms with van der Waals surface area (Å²) in [6.07, 6.45) is 1.61. The number of ether oxygens (including phenoxy) is 1. The van der Waals surface area contributed by atoms with Crippen molar-refractivity contribution in [3.63, 3.8) is 0 Å². The van der Waals surface area contributed by atoms with E-state index in [1.807, 2.05) is 24.8 Å². The van der Waals surface area contributed by atoms with Gasteiger partial charge in [-0.2, -0.15) is 5.10 Å². The first kappa shape index (κ1) is 20.2. The number of hydrogen-bond acceptors (Lipinski definition) is 4. The first-order valence-corrected chi connectivity index (χ1v) is 10.1. The fourth-order valence-corrected chi connectivity index (χ4v) is 3.81. The highest BCUT2D eigenvalue weighted by Gasteiger charge is 2.27. The van der Waals surface area contributed by atoms with Gasteiger partial charge in [0.1, 0.15) is 11.6 Å². The van der Waals surface area contributed by atoms with Crippen LogP contribution in [0.2, 0.25) is 0 Å². The van der Waals surface area contributed by atoms with Gasteiger partial charge in [-0.15, -0.1) is 0 Å². The van der Waals surface area contributed by atoms with E-state index in [4.69, 9.17) is 4.74 Å². The summed E-state index contributed by atoms with van der Waals surface area (Å²) in [5.74, 6) is 2.14. The van der Waals surface area contributed by atoms with E-state index in [9.17, 15) is 9.59 Å². The van der Waals surface area contributed by atoms with Gasteiger partial charge in [0, 0.05) is 25.6 Å². The van der Waals surface area contributed by atoms with Gasteiger partial charge in [-0.05, 0) is 49.8 Å². The molecule has 2 heterocycles. The average molecular weight is 386 g/mol. The topological polar surface area (TPSA) is 80.2 Å². The predicted molar refractivity (Wildman–Crippen MR) is 108 cm³/mol. The number of nitrogens with zero attached hydrogens (tertiary/aromatic N) is 3. The fraction of sp³-hybridized carbons (Fsp3) is 0.571. The molecule has 1 saturated heterocycles. The lowest BCUT2D eigenvalue weighted by Gasteiger charge is -2.31. The lowest BCUT2D eigenvalue weighted by Crippen LogP contribution is -2.41. The lowest BCUT2D eigenvalue weighted by molar-refractivity contribution is -0.134. The van der Waals surface area contributed by atoms with Gasteiger partial charge in [0.2, 0.25) is 0 Å². The molecular formula is C21H30N4O3. The molecule has 7 nitrogen and oxygen atoms in total. The van der Waals surface area contributed by atoms with E-state index in [1.54, 1.807) is 4.57 Å². The molecule has 1 fully saturated rings. The van der Waals surface area contributed by atoms with E-state index in [0.29, 0.717) is 25.6 Å². The van der Waals surface area contributed by atoms with Crippen molar-refractivity contribution in [3.05, 3.63) is 45.6 Å². The molecule has 1 aromatic heterocycles. The second-order valence-electron chi connectivity index (χ2n) is 7.77. The van der Waals surface area contributed by atoms with E-state index in [-0.39, 0.29) is 24.1 Å². The minimum atomic E-state index is -0.163. The molecule has 1 amide bonds. The van der Waals surface area contributed by atoms with Crippen molar-refractivity contribution in [3.8, 4) is 5.75 Å². The smallest absolute Gasteiger partial charge is 0.343 e. The van der Waals surface area contributed by atoms with E-state index in [2.05, 4.69) is 36.2 Å². The van der Waals surface area contributed by atoms with Crippen molar-refractivity contribution < 1.29 is 9.53 Å². The van der Waals surface area contributed by atoms with Crippen LogP contribution < -0.4 is 10.4 Å². The first-order valence-electron chi connectivity index (χ1n) is 10.1. The van der Waals surface area contributed by atoms with Crippen molar-refractivity contribution in [1.82, 2.24) is 19.7 Å². The standard InChI is InChI=1S/C21H30N4O3/c1-5-25-20(22-23-21(25)27)16-8-10-24(11-9-16)19(26)13-28-18-12-15(4)6-7-17(18)14(2)3/h6-7,12,14,16H,5,8-11,13H2,1-4H3,(H,23,27). The Balaban J connectivity index is 1.57. The lowest BCUT2D eigenvalue weighted by atomic mass is 9.96. The molecule has 0 aliphatic carbocycles. The number of amides is 1. The Morgan fingerprint density at radius 3 is 2.68 bits per heavy atom. The van der Waals surface area contributed by atoms with Crippen molar-refractivity contribution >= 4 is 5.91 Å². The van der Waals surface area contributed by atoms with E-state index in [1.165, 1.54) is 0 Å². The Morgan fingerprint density at radius 1 is 1.32 bits per heavy atom. The SMILES string of the molecule is CCn1c(C2CCN(C(=O)COc3cc(C)ccc3C(C)C)CC2)n[nH]c1=O. The Kier molecular flexibility index (Phi) is 6.21. The molecule has 1 aliphatic heterocycles. The Hall–Kier alpha value is -2.57. The quantitative estimate of drug-likeness (QED) is 0.828. The number of nitrogens with one attached hydrogen (secondary N) is 1. The number of aromatic nitrogens is 3. The molecule has 2 aromatic rings. The third-order valence-corrected chi connectivity index (χ3v) is 5.46. The minimum absolute atomic E-state index is 0.00423. The van der Waals surface area contributed by atoms with Crippen LogP contribution in [0.5, 0.6) is 5.75 Å². The number of rotatable bonds is 6. The summed E-state index contributed by atoms with van der Waals surface area (Å²) in [5.41, 5.74) is 2.07. The number of piperidine rings is 1. The zero-order valence-electron chi connectivity index (χ0n) is 17.2. The van der Waals surface area contributed by atoms with Gasteiger partial charge < -0.3 is 9.64 Å². The van der Waals surface area contributed by atoms with Crippen molar-refractivity contribution in [2.24, 2.45) is 0 Å². The molecular weight excluding hydrogens is 356 g/mol. The van der Waals surface area contributed by atoms with Crippen LogP contribution in [0.1, 0.15) is 62.4 Å². The summed E-state index contributed by atoms with van der Waals surface area (Å²) in [5, 5.41) is 6.72. The number of aryl methyl sites for hydroxylation is 1. The van der Waals surface area contributed by atoms with Crippen molar-refractivity contribution in [1.29, 1.82) is 0 Å². The Bertz CT molecular complexity index is 876. The normalized spacial score (nSPS) is 15.2. The summed E-state index contributed by atoms with van der Waals surface area (Å²) in [7, 11) is 0. The molecule has 152 valence electrons. The number of carbonyl (C=O) groups is 1.